The summed E-state index contributed by atoms with van der Waals surface area (Å²) in [5, 5.41) is 13.2. The lowest BCUT2D eigenvalue weighted by atomic mass is 10.1. The van der Waals surface area contributed by atoms with E-state index in [1.54, 1.807) is 6.92 Å². The van der Waals surface area contributed by atoms with Crippen molar-refractivity contribution in [2.24, 2.45) is 0 Å². The van der Waals surface area contributed by atoms with Crippen molar-refractivity contribution >= 4 is 17.7 Å². The summed E-state index contributed by atoms with van der Waals surface area (Å²) in [6, 6.07) is 0.969. The number of nitrogens with one attached hydrogen (secondary N) is 2. The van der Waals surface area contributed by atoms with E-state index in [1.165, 1.54) is 13.0 Å². The first-order valence-electron chi connectivity index (χ1n) is 6.13. The Morgan fingerprint density at radius 2 is 1.95 bits per heavy atom. The third kappa shape index (κ3) is 4.66. The number of hydrogen-bond acceptors (Lipinski definition) is 2. The van der Waals surface area contributed by atoms with Gasteiger partial charge in [-0.15, -0.1) is 0 Å². The fraction of sp³-hybridized carbons (Fsp3) is 0.385. The number of carbonyl (C=O) groups is 2. The molecule has 0 heterocycles. The summed E-state index contributed by atoms with van der Waals surface area (Å²) in [4.78, 5) is 22.4. The Morgan fingerprint density at radius 1 is 1.33 bits per heavy atom. The topological polar surface area (TPSA) is 78.4 Å². The maximum Gasteiger partial charge on any atom is 0.416 e. The summed E-state index contributed by atoms with van der Waals surface area (Å²) in [6.45, 7) is 3.10. The average molecular weight is 304 g/mol. The molecule has 0 saturated carbocycles. The molecule has 1 rings (SSSR count). The molecule has 8 heteroatoms. The van der Waals surface area contributed by atoms with Crippen molar-refractivity contribution in [1.82, 2.24) is 5.32 Å². The van der Waals surface area contributed by atoms with Gasteiger partial charge in [0.2, 0.25) is 0 Å². The van der Waals surface area contributed by atoms with Gasteiger partial charge >= 0.3 is 18.2 Å². The molecule has 0 aliphatic heterocycles. The van der Waals surface area contributed by atoms with Crippen molar-refractivity contribution in [2.45, 2.75) is 32.5 Å². The quantitative estimate of drug-likeness (QED) is 0.800. The van der Waals surface area contributed by atoms with Crippen molar-refractivity contribution in [3.63, 3.8) is 0 Å². The van der Waals surface area contributed by atoms with Crippen LogP contribution in [0.3, 0.4) is 0 Å². The lowest BCUT2D eigenvalue weighted by molar-refractivity contribution is -0.139. The molecule has 0 aliphatic carbocycles. The average Bonchev–Trinajstić information content (AvgIpc) is 2.36. The molecule has 0 fully saturated rings. The van der Waals surface area contributed by atoms with E-state index >= 15 is 0 Å². The van der Waals surface area contributed by atoms with Crippen molar-refractivity contribution in [3.05, 3.63) is 29.3 Å². The van der Waals surface area contributed by atoms with E-state index in [0.29, 0.717) is 5.56 Å². The summed E-state index contributed by atoms with van der Waals surface area (Å²) >= 11 is 0. The summed E-state index contributed by atoms with van der Waals surface area (Å²) in [5.74, 6) is -1.21. The fourth-order valence-electron chi connectivity index (χ4n) is 1.59. The van der Waals surface area contributed by atoms with Crippen LogP contribution in [0.1, 0.15) is 24.5 Å². The summed E-state index contributed by atoms with van der Waals surface area (Å²) < 4.78 is 37.8. The predicted octanol–water partition coefficient (Wildman–Crippen LogP) is 3.00. The minimum Gasteiger partial charge on any atom is -0.480 e. The van der Waals surface area contributed by atoms with Gasteiger partial charge in [-0.25, -0.2) is 9.59 Å². The second kappa shape index (κ2) is 6.47. The van der Waals surface area contributed by atoms with E-state index in [0.717, 1.165) is 12.1 Å². The Bertz CT molecular complexity index is 544. The number of halogens is 3. The number of carbonyl (C=O) groups excluding carboxylic acids is 1. The number of hydrogen-bond donors (Lipinski definition) is 3. The van der Waals surface area contributed by atoms with E-state index in [2.05, 4.69) is 10.6 Å². The summed E-state index contributed by atoms with van der Waals surface area (Å²) in [6.07, 6.45) is -4.36. The molecule has 1 atom stereocenters. The van der Waals surface area contributed by atoms with Crippen molar-refractivity contribution in [2.75, 3.05) is 5.32 Å². The SMILES string of the molecule is CCC(NC(=O)Nc1cc(C(F)(F)F)ccc1C)C(=O)O. The van der Waals surface area contributed by atoms with Gasteiger partial charge in [0.05, 0.1) is 5.56 Å². The summed E-state index contributed by atoms with van der Waals surface area (Å²) in [5.41, 5.74) is -0.488. The van der Waals surface area contributed by atoms with Gasteiger partial charge in [0.25, 0.3) is 0 Å². The molecule has 2 amide bonds. The number of urea groups is 1. The Balaban J connectivity index is 2.87. The van der Waals surface area contributed by atoms with Crippen LogP contribution in [0.4, 0.5) is 23.7 Å². The third-order valence-corrected chi connectivity index (χ3v) is 2.82. The van der Waals surface area contributed by atoms with Crippen LogP contribution in [0.2, 0.25) is 0 Å². The van der Waals surface area contributed by atoms with Gasteiger partial charge in [-0.3, -0.25) is 0 Å². The molecule has 0 saturated heterocycles. The number of amides is 2. The van der Waals surface area contributed by atoms with Crippen LogP contribution in [0.15, 0.2) is 18.2 Å². The van der Waals surface area contributed by atoms with E-state index in [4.69, 9.17) is 5.11 Å². The molecule has 3 N–H and O–H groups in total. The van der Waals surface area contributed by atoms with Crippen LogP contribution >= 0.6 is 0 Å². The molecule has 1 unspecified atom stereocenters. The van der Waals surface area contributed by atoms with Gasteiger partial charge in [0, 0.05) is 5.69 Å². The molecule has 1 aromatic carbocycles. The smallest absolute Gasteiger partial charge is 0.416 e. The summed E-state index contributed by atoms with van der Waals surface area (Å²) in [7, 11) is 0. The second-order valence-corrected chi connectivity index (χ2v) is 4.42. The minimum atomic E-state index is -4.52. The highest BCUT2D eigenvalue weighted by atomic mass is 19.4. The maximum atomic E-state index is 12.6. The fourth-order valence-corrected chi connectivity index (χ4v) is 1.59. The number of aryl methyl sites for hydroxylation is 1. The third-order valence-electron chi connectivity index (χ3n) is 2.82. The lowest BCUT2D eigenvalue weighted by Gasteiger charge is -2.15. The zero-order valence-corrected chi connectivity index (χ0v) is 11.4. The van der Waals surface area contributed by atoms with Gasteiger partial charge in [-0.05, 0) is 31.0 Å². The monoisotopic (exact) mass is 304 g/mol. The first-order chi connectivity index (χ1) is 9.65. The lowest BCUT2D eigenvalue weighted by Crippen LogP contribution is -2.42. The molecule has 5 nitrogen and oxygen atoms in total. The highest BCUT2D eigenvalue weighted by Gasteiger charge is 2.31. The molecule has 21 heavy (non-hydrogen) atoms. The molecular weight excluding hydrogens is 289 g/mol. The molecule has 1 aromatic rings. The molecule has 0 spiro atoms. The number of alkyl halides is 3. The minimum absolute atomic E-state index is 0.0254. The van der Waals surface area contributed by atoms with Gasteiger partial charge < -0.3 is 15.7 Å². The Hall–Kier alpha value is -2.25. The number of carboxylic acid groups (broad SMARTS) is 1. The first-order valence-corrected chi connectivity index (χ1v) is 6.13. The first kappa shape index (κ1) is 16.8. The van der Waals surface area contributed by atoms with Crippen molar-refractivity contribution < 1.29 is 27.9 Å². The number of carboxylic acids is 1. The van der Waals surface area contributed by atoms with Crippen LogP contribution in [0.25, 0.3) is 0 Å². The van der Waals surface area contributed by atoms with Crippen LogP contribution in [0.5, 0.6) is 0 Å². The Morgan fingerprint density at radius 3 is 2.43 bits per heavy atom. The normalized spacial score (nSPS) is 12.6. The number of benzene rings is 1. The van der Waals surface area contributed by atoms with Crippen LogP contribution in [-0.2, 0) is 11.0 Å². The number of aliphatic carboxylic acids is 1. The predicted molar refractivity (Wildman–Crippen MR) is 70.1 cm³/mol. The molecule has 0 radical (unpaired) electrons. The Kier molecular flexibility index (Phi) is 5.17. The molecule has 0 aliphatic rings. The number of rotatable bonds is 4. The zero-order valence-electron chi connectivity index (χ0n) is 11.4. The largest absolute Gasteiger partial charge is 0.480 e. The van der Waals surface area contributed by atoms with E-state index in [-0.39, 0.29) is 12.1 Å². The van der Waals surface area contributed by atoms with Crippen LogP contribution in [-0.4, -0.2) is 23.1 Å². The standard InChI is InChI=1S/C13H15F3N2O3/c1-3-9(11(19)20)17-12(21)18-10-6-8(13(14,15)16)5-4-7(10)2/h4-6,9H,3H2,1-2H3,(H,19,20)(H2,17,18,21). The van der Waals surface area contributed by atoms with Crippen LogP contribution < -0.4 is 10.6 Å². The van der Waals surface area contributed by atoms with E-state index in [9.17, 15) is 22.8 Å². The van der Waals surface area contributed by atoms with Crippen molar-refractivity contribution in [1.29, 1.82) is 0 Å². The molecule has 0 aromatic heterocycles. The van der Waals surface area contributed by atoms with Gasteiger partial charge in [-0.2, -0.15) is 13.2 Å². The highest BCUT2D eigenvalue weighted by Crippen LogP contribution is 2.31. The molecule has 0 bridgehead atoms. The molecular formula is C13H15F3N2O3. The van der Waals surface area contributed by atoms with Gasteiger partial charge in [-0.1, -0.05) is 13.0 Å². The second-order valence-electron chi connectivity index (χ2n) is 4.42. The van der Waals surface area contributed by atoms with E-state index < -0.39 is 29.8 Å². The zero-order chi connectivity index (χ0) is 16.2. The van der Waals surface area contributed by atoms with Gasteiger partial charge in [0.1, 0.15) is 6.04 Å². The van der Waals surface area contributed by atoms with Gasteiger partial charge in [0.15, 0.2) is 0 Å². The molecule has 116 valence electrons. The number of anilines is 1. The van der Waals surface area contributed by atoms with E-state index in [1.807, 2.05) is 0 Å². The van der Waals surface area contributed by atoms with Crippen molar-refractivity contribution in [3.8, 4) is 0 Å². The van der Waals surface area contributed by atoms with Crippen LogP contribution in [0, 0.1) is 6.92 Å². The Labute approximate surface area is 119 Å². The maximum absolute atomic E-state index is 12.6. The highest BCUT2D eigenvalue weighted by molar-refractivity contribution is 5.92.